The summed E-state index contributed by atoms with van der Waals surface area (Å²) in [6, 6.07) is 21.7. The Kier molecular flexibility index (Phi) is 5.73. The zero-order chi connectivity index (χ0) is 21.9. The molecule has 0 radical (unpaired) electrons. The summed E-state index contributed by atoms with van der Waals surface area (Å²) >= 11 is 0. The van der Waals surface area contributed by atoms with Crippen molar-refractivity contribution in [3.05, 3.63) is 78.0 Å². The summed E-state index contributed by atoms with van der Waals surface area (Å²) < 4.78 is 1.65. The highest BCUT2D eigenvalue weighted by atomic mass is 16.2. The Bertz CT molecular complexity index is 1080. The van der Waals surface area contributed by atoms with Gasteiger partial charge in [-0.25, -0.2) is 4.68 Å². The van der Waals surface area contributed by atoms with E-state index in [-0.39, 0.29) is 17.7 Å². The maximum absolute atomic E-state index is 13.2. The van der Waals surface area contributed by atoms with Gasteiger partial charge in [0.2, 0.25) is 5.91 Å². The summed E-state index contributed by atoms with van der Waals surface area (Å²) in [4.78, 5) is 29.8. The molecule has 1 aliphatic carbocycles. The minimum atomic E-state index is -0.0963. The van der Waals surface area contributed by atoms with E-state index >= 15 is 0 Å². The third-order valence-corrected chi connectivity index (χ3v) is 6.04. The molecule has 5 rings (SSSR count). The summed E-state index contributed by atoms with van der Waals surface area (Å²) in [5, 5.41) is 7.54. The van der Waals surface area contributed by atoms with Gasteiger partial charge in [0.05, 0.1) is 5.69 Å². The van der Waals surface area contributed by atoms with Gasteiger partial charge >= 0.3 is 0 Å². The molecular formula is C25H27N5O2. The monoisotopic (exact) mass is 429 g/mol. The van der Waals surface area contributed by atoms with E-state index < -0.39 is 0 Å². The van der Waals surface area contributed by atoms with Crippen LogP contribution in [0.5, 0.6) is 0 Å². The number of piperazine rings is 1. The van der Waals surface area contributed by atoms with Crippen molar-refractivity contribution in [1.29, 1.82) is 0 Å². The van der Waals surface area contributed by atoms with Gasteiger partial charge in [0.1, 0.15) is 5.82 Å². The molecule has 7 heteroatoms. The average molecular weight is 430 g/mol. The summed E-state index contributed by atoms with van der Waals surface area (Å²) in [6.07, 6.45) is 1.84. The lowest BCUT2D eigenvalue weighted by molar-refractivity contribution is -0.117. The Hall–Kier alpha value is -3.45. The lowest BCUT2D eigenvalue weighted by Crippen LogP contribution is -2.48. The van der Waals surface area contributed by atoms with Crippen molar-refractivity contribution in [3.63, 3.8) is 0 Å². The third kappa shape index (κ3) is 4.57. The van der Waals surface area contributed by atoms with Gasteiger partial charge in [0.25, 0.3) is 5.91 Å². The predicted molar refractivity (Wildman–Crippen MR) is 123 cm³/mol. The molecule has 1 saturated heterocycles. The minimum absolute atomic E-state index is 0.00407. The molecule has 164 valence electrons. The van der Waals surface area contributed by atoms with Crippen LogP contribution in [0.2, 0.25) is 0 Å². The molecule has 2 amide bonds. The van der Waals surface area contributed by atoms with Crippen molar-refractivity contribution >= 4 is 17.6 Å². The molecule has 2 fully saturated rings. The van der Waals surface area contributed by atoms with E-state index in [2.05, 4.69) is 39.6 Å². The van der Waals surface area contributed by atoms with Crippen LogP contribution in [0.3, 0.4) is 0 Å². The molecular weight excluding hydrogens is 402 g/mol. The van der Waals surface area contributed by atoms with E-state index in [4.69, 9.17) is 0 Å². The van der Waals surface area contributed by atoms with E-state index in [9.17, 15) is 9.59 Å². The van der Waals surface area contributed by atoms with Gasteiger partial charge in [0.15, 0.2) is 5.69 Å². The number of anilines is 1. The van der Waals surface area contributed by atoms with Crippen LogP contribution in [0.4, 0.5) is 5.82 Å². The molecule has 0 unspecified atom stereocenters. The Labute approximate surface area is 187 Å². The van der Waals surface area contributed by atoms with Crippen molar-refractivity contribution in [1.82, 2.24) is 19.6 Å². The van der Waals surface area contributed by atoms with Crippen LogP contribution in [-0.4, -0.2) is 57.6 Å². The summed E-state index contributed by atoms with van der Waals surface area (Å²) in [5.74, 6) is 0.515. The highest BCUT2D eigenvalue weighted by molar-refractivity contribution is 5.97. The fourth-order valence-corrected chi connectivity index (χ4v) is 4.03. The molecule has 7 nitrogen and oxygen atoms in total. The standard InChI is InChI=1S/C25H27N5O2/c31-24(20-11-12-20)26-23-17-22(27-30(23)21-9-5-2-6-10-21)25(32)29-15-13-28(14-16-29)18-19-7-3-1-4-8-19/h1-10,17,20H,11-16,18H2,(H,26,31). The highest BCUT2D eigenvalue weighted by Crippen LogP contribution is 2.30. The van der Waals surface area contributed by atoms with E-state index in [1.165, 1.54) is 5.56 Å². The van der Waals surface area contributed by atoms with Crippen molar-refractivity contribution in [2.45, 2.75) is 19.4 Å². The van der Waals surface area contributed by atoms with Crippen LogP contribution in [0.1, 0.15) is 28.9 Å². The predicted octanol–water partition coefficient (Wildman–Crippen LogP) is 3.18. The first-order valence-corrected chi connectivity index (χ1v) is 11.2. The summed E-state index contributed by atoms with van der Waals surface area (Å²) in [5.41, 5.74) is 2.45. The molecule has 1 N–H and O–H groups in total. The molecule has 2 aromatic carbocycles. The van der Waals surface area contributed by atoms with E-state index in [0.717, 1.165) is 38.2 Å². The van der Waals surface area contributed by atoms with Crippen molar-refractivity contribution in [2.24, 2.45) is 5.92 Å². The maximum Gasteiger partial charge on any atom is 0.274 e. The van der Waals surface area contributed by atoms with Crippen LogP contribution < -0.4 is 5.32 Å². The zero-order valence-corrected chi connectivity index (χ0v) is 18.0. The number of para-hydroxylation sites is 1. The zero-order valence-electron chi connectivity index (χ0n) is 18.0. The fraction of sp³-hybridized carbons (Fsp3) is 0.320. The lowest BCUT2D eigenvalue weighted by Gasteiger charge is -2.34. The smallest absolute Gasteiger partial charge is 0.274 e. The molecule has 3 aromatic rings. The number of amides is 2. The second-order valence-corrected chi connectivity index (χ2v) is 8.48. The number of rotatable bonds is 6. The van der Waals surface area contributed by atoms with E-state index in [1.54, 1.807) is 10.7 Å². The van der Waals surface area contributed by atoms with E-state index in [0.29, 0.717) is 24.6 Å². The SMILES string of the molecule is O=C(Nc1cc(C(=O)N2CCN(Cc3ccccc3)CC2)nn1-c1ccccc1)C1CC1. The van der Waals surface area contributed by atoms with Crippen molar-refractivity contribution in [2.75, 3.05) is 31.5 Å². The number of nitrogens with one attached hydrogen (secondary N) is 1. The Morgan fingerprint density at radius 3 is 2.22 bits per heavy atom. The number of carbonyl (C=O) groups is 2. The first-order chi connectivity index (χ1) is 15.7. The Morgan fingerprint density at radius 1 is 0.906 bits per heavy atom. The van der Waals surface area contributed by atoms with Crippen molar-refractivity contribution in [3.8, 4) is 5.69 Å². The Balaban J connectivity index is 1.29. The number of hydrogen-bond acceptors (Lipinski definition) is 4. The normalized spacial score (nSPS) is 16.7. The van der Waals surface area contributed by atoms with Gasteiger partial charge in [-0.15, -0.1) is 0 Å². The topological polar surface area (TPSA) is 70.5 Å². The molecule has 0 spiro atoms. The second kappa shape index (κ2) is 8.96. The summed E-state index contributed by atoms with van der Waals surface area (Å²) in [7, 11) is 0. The summed E-state index contributed by atoms with van der Waals surface area (Å²) in [6.45, 7) is 3.86. The number of nitrogens with zero attached hydrogens (tertiary/aromatic N) is 4. The first kappa shape index (κ1) is 20.5. The largest absolute Gasteiger partial charge is 0.335 e. The molecule has 2 aliphatic rings. The van der Waals surface area contributed by atoms with Gasteiger partial charge in [-0.2, -0.15) is 5.10 Å². The minimum Gasteiger partial charge on any atom is -0.335 e. The Morgan fingerprint density at radius 2 is 1.56 bits per heavy atom. The molecule has 2 heterocycles. The van der Waals surface area contributed by atoms with Gasteiger partial charge < -0.3 is 10.2 Å². The lowest BCUT2D eigenvalue weighted by atomic mass is 10.2. The van der Waals surface area contributed by atoms with Crippen LogP contribution in [0.15, 0.2) is 66.7 Å². The van der Waals surface area contributed by atoms with Crippen LogP contribution in [0, 0.1) is 5.92 Å². The molecule has 1 aliphatic heterocycles. The molecule has 0 atom stereocenters. The first-order valence-electron chi connectivity index (χ1n) is 11.2. The third-order valence-electron chi connectivity index (χ3n) is 6.04. The number of carbonyl (C=O) groups excluding carboxylic acids is 2. The fourth-order valence-electron chi connectivity index (χ4n) is 4.03. The number of hydrogen-bond donors (Lipinski definition) is 1. The van der Waals surface area contributed by atoms with Crippen LogP contribution in [0.25, 0.3) is 5.69 Å². The van der Waals surface area contributed by atoms with E-state index in [1.807, 2.05) is 41.3 Å². The molecule has 0 bridgehead atoms. The highest BCUT2D eigenvalue weighted by Gasteiger charge is 2.31. The van der Waals surface area contributed by atoms with Gasteiger partial charge in [0, 0.05) is 44.7 Å². The van der Waals surface area contributed by atoms with Crippen LogP contribution >= 0.6 is 0 Å². The second-order valence-electron chi connectivity index (χ2n) is 8.48. The van der Waals surface area contributed by atoms with Gasteiger partial charge in [-0.1, -0.05) is 48.5 Å². The van der Waals surface area contributed by atoms with Crippen LogP contribution in [-0.2, 0) is 11.3 Å². The van der Waals surface area contributed by atoms with Gasteiger partial charge in [-0.05, 0) is 30.5 Å². The molecule has 1 saturated carbocycles. The van der Waals surface area contributed by atoms with Gasteiger partial charge in [-0.3, -0.25) is 14.5 Å². The quantitative estimate of drug-likeness (QED) is 0.653. The molecule has 1 aromatic heterocycles. The number of benzene rings is 2. The maximum atomic E-state index is 13.2. The molecule has 32 heavy (non-hydrogen) atoms. The van der Waals surface area contributed by atoms with Crippen molar-refractivity contribution < 1.29 is 9.59 Å². The number of aromatic nitrogens is 2. The average Bonchev–Trinajstić information content (AvgIpc) is 3.61.